The minimum atomic E-state index is -0.556. The topological polar surface area (TPSA) is 35.2 Å². The zero-order valence-corrected chi connectivity index (χ0v) is 12.5. The van der Waals surface area contributed by atoms with Crippen LogP contribution in [0.25, 0.3) is 0 Å². The molecular weight excluding hydrogens is 328 g/mol. The highest BCUT2D eigenvalue weighted by Gasteiger charge is 2.15. The standard InChI is InChI=1S/C15H14BrF2NO/c1-20-10-5-6-11(13(18)8-10)14(19)7-9-3-2-4-12(17)15(9)16/h2-6,8,14H,7,19H2,1H3. The lowest BCUT2D eigenvalue weighted by Gasteiger charge is -2.15. The van der Waals surface area contributed by atoms with E-state index in [-0.39, 0.29) is 5.82 Å². The fourth-order valence-electron chi connectivity index (χ4n) is 1.99. The van der Waals surface area contributed by atoms with Crippen LogP contribution in [0.1, 0.15) is 17.2 Å². The lowest BCUT2D eigenvalue weighted by Crippen LogP contribution is -2.15. The van der Waals surface area contributed by atoms with E-state index in [1.165, 1.54) is 19.2 Å². The Morgan fingerprint density at radius 2 is 1.95 bits per heavy atom. The van der Waals surface area contributed by atoms with Gasteiger partial charge in [-0.05, 0) is 40.0 Å². The van der Waals surface area contributed by atoms with Crippen LogP contribution in [0.5, 0.6) is 5.75 Å². The molecule has 0 spiro atoms. The molecule has 106 valence electrons. The zero-order valence-electron chi connectivity index (χ0n) is 10.9. The van der Waals surface area contributed by atoms with E-state index in [0.29, 0.717) is 27.8 Å². The molecule has 0 heterocycles. The fourth-order valence-corrected chi connectivity index (χ4v) is 2.41. The summed E-state index contributed by atoms with van der Waals surface area (Å²) in [5, 5.41) is 0. The van der Waals surface area contributed by atoms with E-state index in [9.17, 15) is 8.78 Å². The van der Waals surface area contributed by atoms with Crippen LogP contribution in [0.3, 0.4) is 0 Å². The molecule has 0 aliphatic heterocycles. The number of hydrogen-bond acceptors (Lipinski definition) is 2. The summed E-state index contributed by atoms with van der Waals surface area (Å²) in [7, 11) is 1.47. The van der Waals surface area contributed by atoms with Crippen molar-refractivity contribution in [2.45, 2.75) is 12.5 Å². The largest absolute Gasteiger partial charge is 0.497 e. The normalized spacial score (nSPS) is 12.2. The quantitative estimate of drug-likeness (QED) is 0.912. The van der Waals surface area contributed by atoms with Gasteiger partial charge in [-0.3, -0.25) is 0 Å². The van der Waals surface area contributed by atoms with E-state index < -0.39 is 11.9 Å². The second-order valence-electron chi connectivity index (χ2n) is 4.41. The maximum absolute atomic E-state index is 13.9. The van der Waals surface area contributed by atoms with Gasteiger partial charge in [-0.2, -0.15) is 0 Å². The summed E-state index contributed by atoms with van der Waals surface area (Å²) < 4.78 is 32.7. The van der Waals surface area contributed by atoms with Crippen LogP contribution < -0.4 is 10.5 Å². The molecule has 1 unspecified atom stereocenters. The minimum absolute atomic E-state index is 0.335. The van der Waals surface area contributed by atoms with E-state index in [4.69, 9.17) is 10.5 Å². The van der Waals surface area contributed by atoms with Gasteiger partial charge in [0.25, 0.3) is 0 Å². The summed E-state index contributed by atoms with van der Waals surface area (Å²) in [5.74, 6) is -0.348. The highest BCUT2D eigenvalue weighted by Crippen LogP contribution is 2.27. The Morgan fingerprint density at radius 1 is 1.20 bits per heavy atom. The Bertz CT molecular complexity index is 619. The number of hydrogen-bond donors (Lipinski definition) is 1. The van der Waals surface area contributed by atoms with Crippen LogP contribution in [-0.4, -0.2) is 7.11 Å². The highest BCUT2D eigenvalue weighted by atomic mass is 79.9. The molecular formula is C15H14BrF2NO. The number of benzene rings is 2. The molecule has 1 atom stereocenters. The summed E-state index contributed by atoms with van der Waals surface area (Å²) >= 11 is 3.18. The fraction of sp³-hybridized carbons (Fsp3) is 0.200. The Balaban J connectivity index is 2.24. The first-order chi connectivity index (χ1) is 9.52. The molecule has 2 aromatic rings. The van der Waals surface area contributed by atoms with E-state index >= 15 is 0 Å². The van der Waals surface area contributed by atoms with Gasteiger partial charge in [-0.15, -0.1) is 0 Å². The average Bonchev–Trinajstić information content (AvgIpc) is 2.43. The van der Waals surface area contributed by atoms with Gasteiger partial charge >= 0.3 is 0 Å². The summed E-state index contributed by atoms with van der Waals surface area (Å²) in [6.07, 6.45) is 0.335. The molecule has 0 saturated heterocycles. The average molecular weight is 342 g/mol. The molecule has 0 aliphatic rings. The van der Waals surface area contributed by atoms with Crippen molar-refractivity contribution in [2.24, 2.45) is 5.73 Å². The van der Waals surface area contributed by atoms with Crippen molar-refractivity contribution in [3.8, 4) is 5.75 Å². The maximum atomic E-state index is 13.9. The van der Waals surface area contributed by atoms with Crippen molar-refractivity contribution in [3.63, 3.8) is 0 Å². The van der Waals surface area contributed by atoms with Crippen LogP contribution >= 0.6 is 15.9 Å². The van der Waals surface area contributed by atoms with Crippen molar-refractivity contribution < 1.29 is 13.5 Å². The predicted molar refractivity (Wildman–Crippen MR) is 77.7 cm³/mol. The first-order valence-corrected chi connectivity index (χ1v) is 6.84. The number of halogens is 3. The Morgan fingerprint density at radius 3 is 2.60 bits per heavy atom. The number of ether oxygens (including phenoxy) is 1. The molecule has 2 N–H and O–H groups in total. The molecule has 2 aromatic carbocycles. The Labute approximate surface area is 124 Å². The molecule has 2 rings (SSSR count). The monoisotopic (exact) mass is 341 g/mol. The number of rotatable bonds is 4. The van der Waals surface area contributed by atoms with E-state index in [1.807, 2.05) is 0 Å². The lowest BCUT2D eigenvalue weighted by atomic mass is 9.99. The van der Waals surface area contributed by atoms with Crippen molar-refractivity contribution in [3.05, 3.63) is 63.6 Å². The Hall–Kier alpha value is -1.46. The number of methoxy groups -OCH3 is 1. The van der Waals surface area contributed by atoms with Crippen molar-refractivity contribution in [1.82, 2.24) is 0 Å². The van der Waals surface area contributed by atoms with Crippen LogP contribution in [-0.2, 0) is 6.42 Å². The van der Waals surface area contributed by atoms with E-state index in [1.54, 1.807) is 24.3 Å². The van der Waals surface area contributed by atoms with Crippen molar-refractivity contribution >= 4 is 15.9 Å². The summed E-state index contributed by atoms with van der Waals surface area (Å²) in [5.41, 5.74) is 7.09. The summed E-state index contributed by atoms with van der Waals surface area (Å²) in [4.78, 5) is 0. The van der Waals surface area contributed by atoms with Gasteiger partial charge in [0.15, 0.2) is 0 Å². The zero-order chi connectivity index (χ0) is 14.7. The molecule has 0 radical (unpaired) electrons. The first kappa shape index (κ1) is 14.9. The van der Waals surface area contributed by atoms with Gasteiger partial charge in [0.1, 0.15) is 17.4 Å². The van der Waals surface area contributed by atoms with Gasteiger partial charge < -0.3 is 10.5 Å². The molecule has 0 aliphatic carbocycles. The molecule has 20 heavy (non-hydrogen) atoms. The lowest BCUT2D eigenvalue weighted by molar-refractivity contribution is 0.410. The van der Waals surface area contributed by atoms with Gasteiger partial charge in [0.2, 0.25) is 0 Å². The predicted octanol–water partition coefficient (Wildman–Crippen LogP) is 3.98. The van der Waals surface area contributed by atoms with Gasteiger partial charge in [-0.1, -0.05) is 18.2 Å². The molecule has 2 nitrogen and oxygen atoms in total. The molecule has 0 bridgehead atoms. The molecule has 0 fully saturated rings. The first-order valence-electron chi connectivity index (χ1n) is 6.05. The van der Waals surface area contributed by atoms with Crippen molar-refractivity contribution in [2.75, 3.05) is 7.11 Å². The third-order valence-electron chi connectivity index (χ3n) is 3.08. The summed E-state index contributed by atoms with van der Waals surface area (Å²) in [6, 6.07) is 8.69. The van der Waals surface area contributed by atoms with E-state index in [2.05, 4.69) is 15.9 Å². The third kappa shape index (κ3) is 3.16. The molecule has 0 saturated carbocycles. The van der Waals surface area contributed by atoms with Crippen LogP contribution in [0.15, 0.2) is 40.9 Å². The number of nitrogens with two attached hydrogens (primary N) is 1. The maximum Gasteiger partial charge on any atom is 0.137 e. The second kappa shape index (κ2) is 6.33. The van der Waals surface area contributed by atoms with Crippen LogP contribution in [0, 0.1) is 11.6 Å². The second-order valence-corrected chi connectivity index (χ2v) is 5.20. The van der Waals surface area contributed by atoms with Gasteiger partial charge in [0, 0.05) is 17.7 Å². The highest BCUT2D eigenvalue weighted by molar-refractivity contribution is 9.10. The van der Waals surface area contributed by atoms with E-state index in [0.717, 1.165) is 0 Å². The van der Waals surface area contributed by atoms with Crippen LogP contribution in [0.4, 0.5) is 8.78 Å². The SMILES string of the molecule is COc1ccc(C(N)Cc2cccc(F)c2Br)c(F)c1. The third-order valence-corrected chi connectivity index (χ3v) is 3.97. The molecule has 0 amide bonds. The Kier molecular flexibility index (Phi) is 4.73. The molecule has 5 heteroatoms. The van der Waals surface area contributed by atoms with Crippen molar-refractivity contribution in [1.29, 1.82) is 0 Å². The van der Waals surface area contributed by atoms with Gasteiger partial charge in [0.05, 0.1) is 11.6 Å². The smallest absolute Gasteiger partial charge is 0.137 e. The molecule has 0 aromatic heterocycles. The summed E-state index contributed by atoms with van der Waals surface area (Å²) in [6.45, 7) is 0. The minimum Gasteiger partial charge on any atom is -0.497 e. The van der Waals surface area contributed by atoms with Gasteiger partial charge in [-0.25, -0.2) is 8.78 Å². The van der Waals surface area contributed by atoms with Crippen LogP contribution in [0.2, 0.25) is 0 Å².